The highest BCUT2D eigenvalue weighted by Gasteiger charge is 2.38. The van der Waals surface area contributed by atoms with Crippen molar-refractivity contribution < 1.29 is 28.5 Å². The van der Waals surface area contributed by atoms with Crippen LogP contribution in [-0.2, 0) is 28.5 Å². The van der Waals surface area contributed by atoms with Gasteiger partial charge in [0.15, 0.2) is 6.29 Å². The first-order valence-electron chi connectivity index (χ1n) is 5.01. The summed E-state index contributed by atoms with van der Waals surface area (Å²) in [6.45, 7) is 2.69. The van der Waals surface area contributed by atoms with Crippen LogP contribution in [0, 0.1) is 0 Å². The average Bonchev–Trinajstić information content (AvgIpc) is 2.56. The maximum atomic E-state index is 10.9. The zero-order valence-corrected chi connectivity index (χ0v) is 9.60. The number of esters is 2. The summed E-state index contributed by atoms with van der Waals surface area (Å²) in [5.41, 5.74) is 0. The first kappa shape index (κ1) is 12.9. The van der Waals surface area contributed by atoms with Crippen molar-refractivity contribution in [2.75, 3.05) is 13.7 Å². The van der Waals surface area contributed by atoms with Crippen LogP contribution < -0.4 is 0 Å². The zero-order chi connectivity index (χ0) is 12.1. The Kier molecular flexibility index (Phi) is 4.70. The van der Waals surface area contributed by atoms with Crippen molar-refractivity contribution in [3.05, 3.63) is 0 Å². The Morgan fingerprint density at radius 2 is 2.00 bits per heavy atom. The van der Waals surface area contributed by atoms with Gasteiger partial charge in [-0.3, -0.25) is 9.59 Å². The van der Waals surface area contributed by atoms with Crippen molar-refractivity contribution >= 4 is 11.9 Å². The molecule has 92 valence electrons. The molecule has 0 aromatic rings. The summed E-state index contributed by atoms with van der Waals surface area (Å²) >= 11 is 0. The zero-order valence-electron chi connectivity index (χ0n) is 9.60. The molecule has 6 nitrogen and oxygen atoms in total. The van der Waals surface area contributed by atoms with Crippen molar-refractivity contribution in [2.45, 2.75) is 38.8 Å². The van der Waals surface area contributed by atoms with E-state index in [-0.39, 0.29) is 6.61 Å². The molecule has 6 heteroatoms. The summed E-state index contributed by atoms with van der Waals surface area (Å²) in [5.74, 6) is -0.788. The summed E-state index contributed by atoms with van der Waals surface area (Å²) in [6.07, 6.45) is -0.869. The van der Waals surface area contributed by atoms with Gasteiger partial charge in [0.05, 0.1) is 0 Å². The van der Waals surface area contributed by atoms with Gasteiger partial charge in [-0.1, -0.05) is 0 Å². The minimum Gasteiger partial charge on any atom is -0.463 e. The summed E-state index contributed by atoms with van der Waals surface area (Å²) in [4.78, 5) is 21.5. The van der Waals surface area contributed by atoms with Gasteiger partial charge in [0.2, 0.25) is 0 Å². The topological polar surface area (TPSA) is 71.1 Å². The lowest BCUT2D eigenvalue weighted by molar-refractivity contribution is -0.161. The van der Waals surface area contributed by atoms with E-state index in [4.69, 9.17) is 18.9 Å². The fourth-order valence-electron chi connectivity index (χ4n) is 1.51. The largest absolute Gasteiger partial charge is 0.463 e. The van der Waals surface area contributed by atoms with Crippen molar-refractivity contribution in [3.63, 3.8) is 0 Å². The molecule has 0 aromatic heterocycles. The van der Waals surface area contributed by atoms with E-state index in [9.17, 15) is 9.59 Å². The van der Waals surface area contributed by atoms with Crippen molar-refractivity contribution in [2.24, 2.45) is 0 Å². The first-order chi connectivity index (χ1) is 7.52. The fraction of sp³-hybridized carbons (Fsp3) is 0.800. The summed E-state index contributed by atoms with van der Waals surface area (Å²) in [7, 11) is 1.50. The van der Waals surface area contributed by atoms with E-state index >= 15 is 0 Å². The van der Waals surface area contributed by atoms with E-state index in [1.807, 2.05) is 0 Å². The predicted molar refractivity (Wildman–Crippen MR) is 52.5 cm³/mol. The van der Waals surface area contributed by atoms with E-state index in [2.05, 4.69) is 0 Å². The van der Waals surface area contributed by atoms with Gasteiger partial charge in [-0.25, -0.2) is 0 Å². The first-order valence-corrected chi connectivity index (χ1v) is 5.01. The van der Waals surface area contributed by atoms with Gasteiger partial charge in [0.1, 0.15) is 18.8 Å². The molecule has 3 atom stereocenters. The summed E-state index contributed by atoms with van der Waals surface area (Å²) in [6, 6.07) is 0. The highest BCUT2D eigenvalue weighted by Crippen LogP contribution is 2.24. The number of carbonyl (C=O) groups excluding carboxylic acids is 2. The normalized spacial score (nSPS) is 28.8. The molecule has 0 amide bonds. The Bertz CT molecular complexity index is 264. The van der Waals surface area contributed by atoms with Gasteiger partial charge in [0, 0.05) is 27.4 Å². The Hall–Kier alpha value is -1.14. The highest BCUT2D eigenvalue weighted by molar-refractivity contribution is 5.66. The van der Waals surface area contributed by atoms with Gasteiger partial charge in [-0.2, -0.15) is 0 Å². The monoisotopic (exact) mass is 232 g/mol. The van der Waals surface area contributed by atoms with Crippen molar-refractivity contribution in [1.82, 2.24) is 0 Å². The number of methoxy groups -OCH3 is 1. The molecule has 0 spiro atoms. The lowest BCUT2D eigenvalue weighted by Gasteiger charge is -2.17. The number of ether oxygens (including phenoxy) is 4. The molecule has 1 saturated heterocycles. The molecule has 0 aliphatic carbocycles. The second-order valence-corrected chi connectivity index (χ2v) is 3.53. The van der Waals surface area contributed by atoms with Crippen LogP contribution in [0.25, 0.3) is 0 Å². The van der Waals surface area contributed by atoms with Crippen LogP contribution in [0.4, 0.5) is 0 Å². The standard InChI is InChI=1S/C10H16O6/c1-6(11)14-5-9-8(15-7(2)12)4-10(13-3)16-9/h8-10H,4-5H2,1-3H3/t8-,9?,10?/m0/s1. The number of hydrogen-bond acceptors (Lipinski definition) is 6. The van der Waals surface area contributed by atoms with Crippen molar-refractivity contribution in [1.29, 1.82) is 0 Å². The SMILES string of the molecule is COC1C[C@H](OC(C)=O)C(COC(C)=O)O1. The maximum Gasteiger partial charge on any atom is 0.303 e. The molecule has 1 fully saturated rings. The smallest absolute Gasteiger partial charge is 0.303 e. The third-order valence-corrected chi connectivity index (χ3v) is 2.20. The van der Waals surface area contributed by atoms with Crippen LogP contribution in [0.1, 0.15) is 20.3 Å². The van der Waals surface area contributed by atoms with Gasteiger partial charge in [-0.05, 0) is 0 Å². The Balaban J connectivity index is 2.49. The number of carbonyl (C=O) groups is 2. The van der Waals surface area contributed by atoms with Crippen LogP contribution >= 0.6 is 0 Å². The molecule has 0 bridgehead atoms. The summed E-state index contributed by atoms with van der Waals surface area (Å²) < 4.78 is 20.3. The molecule has 1 aliphatic heterocycles. The Morgan fingerprint density at radius 1 is 1.31 bits per heavy atom. The molecule has 16 heavy (non-hydrogen) atoms. The fourth-order valence-corrected chi connectivity index (χ4v) is 1.51. The van der Waals surface area contributed by atoms with Crippen molar-refractivity contribution in [3.8, 4) is 0 Å². The van der Waals surface area contributed by atoms with E-state index in [1.165, 1.54) is 21.0 Å². The number of rotatable bonds is 4. The molecule has 0 saturated carbocycles. The summed E-state index contributed by atoms with van der Waals surface area (Å²) in [5, 5.41) is 0. The molecule has 0 radical (unpaired) electrons. The molecule has 2 unspecified atom stereocenters. The molecule has 0 N–H and O–H groups in total. The second kappa shape index (κ2) is 5.81. The van der Waals surface area contributed by atoms with E-state index in [0.717, 1.165) is 0 Å². The second-order valence-electron chi connectivity index (χ2n) is 3.53. The van der Waals surface area contributed by atoms with E-state index < -0.39 is 30.4 Å². The van der Waals surface area contributed by atoms with Gasteiger partial charge >= 0.3 is 11.9 Å². The predicted octanol–water partition coefficient (Wildman–Crippen LogP) is 0.243. The van der Waals surface area contributed by atoms with E-state index in [0.29, 0.717) is 6.42 Å². The third-order valence-electron chi connectivity index (χ3n) is 2.20. The molecule has 0 aromatic carbocycles. The van der Waals surface area contributed by atoms with Gasteiger partial charge in [-0.15, -0.1) is 0 Å². The molecule has 1 aliphatic rings. The van der Waals surface area contributed by atoms with E-state index in [1.54, 1.807) is 0 Å². The number of hydrogen-bond donors (Lipinski definition) is 0. The quantitative estimate of drug-likeness (QED) is 0.647. The average molecular weight is 232 g/mol. The van der Waals surface area contributed by atoms with Crippen LogP contribution in [-0.4, -0.2) is 44.2 Å². The third kappa shape index (κ3) is 3.79. The Morgan fingerprint density at radius 3 is 2.50 bits per heavy atom. The van der Waals surface area contributed by atoms with Crippen LogP contribution in [0.3, 0.4) is 0 Å². The molecular formula is C10H16O6. The van der Waals surface area contributed by atoms with Gasteiger partial charge in [0.25, 0.3) is 0 Å². The van der Waals surface area contributed by atoms with Crippen LogP contribution in [0.2, 0.25) is 0 Å². The molecular weight excluding hydrogens is 216 g/mol. The minimum absolute atomic E-state index is 0.0626. The highest BCUT2D eigenvalue weighted by atomic mass is 16.7. The minimum atomic E-state index is -0.460. The Labute approximate surface area is 93.8 Å². The van der Waals surface area contributed by atoms with Crippen LogP contribution in [0.15, 0.2) is 0 Å². The van der Waals surface area contributed by atoms with Crippen LogP contribution in [0.5, 0.6) is 0 Å². The molecule has 1 rings (SSSR count). The lowest BCUT2D eigenvalue weighted by atomic mass is 10.2. The lowest BCUT2D eigenvalue weighted by Crippen LogP contribution is -2.31. The van der Waals surface area contributed by atoms with Gasteiger partial charge < -0.3 is 18.9 Å². The molecule has 1 heterocycles. The maximum absolute atomic E-state index is 10.9.